The van der Waals surface area contributed by atoms with Crippen LogP contribution in [0.15, 0.2) is 30.3 Å². The Hall–Kier alpha value is -2.24. The van der Waals surface area contributed by atoms with E-state index in [4.69, 9.17) is 27.9 Å². The Morgan fingerprint density at radius 1 is 1.23 bits per heavy atom. The quantitative estimate of drug-likeness (QED) is 0.673. The highest BCUT2D eigenvalue weighted by atomic mass is 35.5. The molecule has 2 heterocycles. The van der Waals surface area contributed by atoms with Crippen molar-refractivity contribution in [2.45, 2.75) is 19.3 Å². The molecule has 0 spiro atoms. The molecule has 4 rings (SSSR count). The number of aromatic nitrogens is 2. The number of anilines is 1. The van der Waals surface area contributed by atoms with E-state index in [1.54, 1.807) is 19.2 Å². The first kappa shape index (κ1) is 17.2. The van der Waals surface area contributed by atoms with E-state index < -0.39 is 0 Å². The number of carbonyl (C=O) groups is 1. The molecule has 1 amide bonds. The highest BCUT2D eigenvalue weighted by Crippen LogP contribution is 2.46. The van der Waals surface area contributed by atoms with Gasteiger partial charge >= 0.3 is 0 Å². The molecule has 0 bridgehead atoms. The lowest BCUT2D eigenvalue weighted by molar-refractivity contribution is -0.118. The number of nitrogens with one attached hydrogen (secondary N) is 2. The van der Waals surface area contributed by atoms with Gasteiger partial charge in [0.25, 0.3) is 0 Å². The summed E-state index contributed by atoms with van der Waals surface area (Å²) in [6, 6.07) is 9.20. The van der Waals surface area contributed by atoms with Gasteiger partial charge in [0.05, 0.1) is 29.3 Å². The maximum atomic E-state index is 12.6. The summed E-state index contributed by atoms with van der Waals surface area (Å²) in [7, 11) is 1.63. The van der Waals surface area contributed by atoms with Crippen molar-refractivity contribution in [2.24, 2.45) is 5.92 Å². The van der Waals surface area contributed by atoms with Crippen LogP contribution in [0.5, 0.6) is 5.75 Å². The van der Waals surface area contributed by atoms with Crippen molar-refractivity contribution < 1.29 is 9.53 Å². The molecule has 1 aromatic heterocycles. The van der Waals surface area contributed by atoms with E-state index in [1.807, 2.05) is 25.1 Å². The van der Waals surface area contributed by atoms with Crippen LogP contribution in [0.2, 0.25) is 10.0 Å². The SMILES string of the molecule is COc1ccc2c(CC(C)C3C(=O)Nc4c(Cl)ccc(Cl)c43)[nH]nc2c1. The van der Waals surface area contributed by atoms with Crippen LogP contribution in [0.3, 0.4) is 0 Å². The first-order valence-corrected chi connectivity index (χ1v) is 9.05. The lowest BCUT2D eigenvalue weighted by Gasteiger charge is -2.18. The molecule has 7 heteroatoms. The van der Waals surface area contributed by atoms with Crippen molar-refractivity contribution in [3.05, 3.63) is 51.6 Å². The topological polar surface area (TPSA) is 67.0 Å². The summed E-state index contributed by atoms with van der Waals surface area (Å²) in [5, 5.41) is 12.4. The van der Waals surface area contributed by atoms with E-state index in [1.165, 1.54) is 0 Å². The summed E-state index contributed by atoms with van der Waals surface area (Å²) >= 11 is 12.6. The maximum Gasteiger partial charge on any atom is 0.232 e. The first-order chi connectivity index (χ1) is 12.5. The third-order valence-corrected chi connectivity index (χ3v) is 5.56. The van der Waals surface area contributed by atoms with E-state index in [-0.39, 0.29) is 17.7 Å². The molecule has 3 aromatic rings. The lowest BCUT2D eigenvalue weighted by Crippen LogP contribution is -2.21. The predicted octanol–water partition coefficient (Wildman–Crippen LogP) is 4.79. The van der Waals surface area contributed by atoms with E-state index >= 15 is 0 Å². The molecule has 0 fully saturated rings. The highest BCUT2D eigenvalue weighted by Gasteiger charge is 2.38. The number of benzene rings is 2. The van der Waals surface area contributed by atoms with Gasteiger partial charge in [-0.15, -0.1) is 0 Å². The zero-order valence-electron chi connectivity index (χ0n) is 14.3. The van der Waals surface area contributed by atoms with Gasteiger partial charge in [0.15, 0.2) is 0 Å². The molecule has 0 saturated carbocycles. The third kappa shape index (κ3) is 2.72. The normalized spacial score (nSPS) is 17.2. The fourth-order valence-electron chi connectivity index (χ4n) is 3.64. The van der Waals surface area contributed by atoms with Crippen LogP contribution in [0.25, 0.3) is 10.9 Å². The van der Waals surface area contributed by atoms with Gasteiger partial charge in [0.1, 0.15) is 5.75 Å². The number of H-pyrrole nitrogens is 1. The Bertz CT molecular complexity index is 1020. The van der Waals surface area contributed by atoms with Gasteiger partial charge in [-0.2, -0.15) is 5.10 Å². The van der Waals surface area contributed by atoms with Gasteiger partial charge in [0, 0.05) is 27.7 Å². The summed E-state index contributed by atoms with van der Waals surface area (Å²) < 4.78 is 5.24. The molecular weight excluding hydrogens is 373 g/mol. The Balaban J connectivity index is 1.67. The van der Waals surface area contributed by atoms with Gasteiger partial charge in [-0.3, -0.25) is 9.89 Å². The van der Waals surface area contributed by atoms with Crippen molar-refractivity contribution in [1.29, 1.82) is 0 Å². The molecule has 5 nitrogen and oxygen atoms in total. The van der Waals surface area contributed by atoms with E-state index in [0.717, 1.165) is 27.9 Å². The van der Waals surface area contributed by atoms with Crippen LogP contribution in [-0.2, 0) is 11.2 Å². The number of aromatic amines is 1. The average molecular weight is 390 g/mol. The van der Waals surface area contributed by atoms with Gasteiger partial charge in [-0.25, -0.2) is 0 Å². The standard InChI is InChI=1S/C19H17Cl2N3O2/c1-9(7-14-11-4-3-10(26-2)8-15(11)24-23-14)16-17-12(20)5-6-13(21)18(17)22-19(16)25/h3-6,8-9,16H,7H2,1-2H3,(H,22,25)(H,23,24). The first-order valence-electron chi connectivity index (χ1n) is 8.29. The fraction of sp³-hybridized carbons (Fsp3) is 0.263. The molecule has 2 atom stereocenters. The second-order valence-electron chi connectivity index (χ2n) is 6.55. The predicted molar refractivity (Wildman–Crippen MR) is 103 cm³/mol. The molecule has 0 saturated heterocycles. The Labute approximate surface area is 160 Å². The number of hydrogen-bond donors (Lipinski definition) is 2. The van der Waals surface area contributed by atoms with Crippen LogP contribution >= 0.6 is 23.2 Å². The molecule has 2 N–H and O–H groups in total. The van der Waals surface area contributed by atoms with Crippen LogP contribution in [0, 0.1) is 5.92 Å². The summed E-state index contributed by atoms with van der Waals surface area (Å²) in [4.78, 5) is 12.6. The number of fused-ring (bicyclic) bond motifs is 2. The molecule has 1 aliphatic rings. The van der Waals surface area contributed by atoms with Crippen LogP contribution in [-0.4, -0.2) is 23.2 Å². The van der Waals surface area contributed by atoms with E-state index in [2.05, 4.69) is 15.5 Å². The smallest absolute Gasteiger partial charge is 0.232 e. The molecule has 2 unspecified atom stereocenters. The number of carbonyl (C=O) groups excluding carboxylic acids is 1. The van der Waals surface area contributed by atoms with Crippen molar-refractivity contribution in [3.63, 3.8) is 0 Å². The molecule has 134 valence electrons. The van der Waals surface area contributed by atoms with Crippen molar-refractivity contribution in [1.82, 2.24) is 10.2 Å². The number of hydrogen-bond acceptors (Lipinski definition) is 3. The van der Waals surface area contributed by atoms with Crippen molar-refractivity contribution >= 4 is 45.7 Å². The monoisotopic (exact) mass is 389 g/mol. The molecular formula is C19H17Cl2N3O2. The summed E-state index contributed by atoms with van der Waals surface area (Å²) in [5.41, 5.74) is 3.22. The van der Waals surface area contributed by atoms with E-state index in [0.29, 0.717) is 22.2 Å². The molecule has 0 radical (unpaired) electrons. The highest BCUT2D eigenvalue weighted by molar-refractivity contribution is 6.37. The Morgan fingerprint density at radius 3 is 2.77 bits per heavy atom. The zero-order valence-corrected chi connectivity index (χ0v) is 15.8. The van der Waals surface area contributed by atoms with Gasteiger partial charge in [-0.05, 0) is 36.6 Å². The van der Waals surface area contributed by atoms with Crippen molar-refractivity contribution in [3.8, 4) is 5.75 Å². The molecule has 1 aliphatic heterocycles. The third-order valence-electron chi connectivity index (χ3n) is 4.92. The van der Waals surface area contributed by atoms with Crippen molar-refractivity contribution in [2.75, 3.05) is 12.4 Å². The second kappa shape index (κ2) is 6.49. The Morgan fingerprint density at radius 2 is 2.00 bits per heavy atom. The minimum Gasteiger partial charge on any atom is -0.497 e. The van der Waals surface area contributed by atoms with Crippen LogP contribution in [0.1, 0.15) is 24.1 Å². The minimum absolute atomic E-state index is 0.0120. The van der Waals surface area contributed by atoms with E-state index in [9.17, 15) is 4.79 Å². The number of methoxy groups -OCH3 is 1. The fourth-order valence-corrected chi connectivity index (χ4v) is 4.13. The van der Waals surface area contributed by atoms with Gasteiger partial charge in [0.2, 0.25) is 5.91 Å². The van der Waals surface area contributed by atoms with Crippen LogP contribution in [0.4, 0.5) is 5.69 Å². The van der Waals surface area contributed by atoms with Gasteiger partial charge in [-0.1, -0.05) is 30.1 Å². The molecule has 0 aliphatic carbocycles. The molecule has 2 aromatic carbocycles. The second-order valence-corrected chi connectivity index (χ2v) is 7.37. The zero-order chi connectivity index (χ0) is 18.4. The maximum absolute atomic E-state index is 12.6. The molecule has 26 heavy (non-hydrogen) atoms. The minimum atomic E-state index is -0.354. The number of amides is 1. The summed E-state index contributed by atoms with van der Waals surface area (Å²) in [5.74, 6) is 0.341. The summed E-state index contributed by atoms with van der Waals surface area (Å²) in [6.45, 7) is 2.03. The summed E-state index contributed by atoms with van der Waals surface area (Å²) in [6.07, 6.45) is 0.656. The number of halogens is 2. The average Bonchev–Trinajstić information content (AvgIpc) is 3.19. The number of ether oxygens (including phenoxy) is 1. The largest absolute Gasteiger partial charge is 0.497 e. The van der Waals surface area contributed by atoms with Crippen LogP contribution < -0.4 is 10.1 Å². The van der Waals surface area contributed by atoms with Gasteiger partial charge < -0.3 is 10.1 Å². The number of nitrogens with zero attached hydrogens (tertiary/aromatic N) is 1. The Kier molecular flexibility index (Phi) is 4.29. The lowest BCUT2D eigenvalue weighted by atomic mass is 9.85. The number of rotatable bonds is 4.